The Morgan fingerprint density at radius 2 is 1.72 bits per heavy atom. The molecule has 0 aliphatic heterocycles. The Hall–Kier alpha value is -3.74. The molecule has 0 spiro atoms. The first kappa shape index (κ1) is 21.5. The lowest BCUT2D eigenvalue weighted by atomic mass is 9.85. The number of hydrogen-bond acceptors (Lipinski definition) is 4. The average Bonchev–Trinajstić information content (AvgIpc) is 2.72. The number of ether oxygens (including phenoxy) is 1. The minimum atomic E-state index is -3.06. The molecule has 0 saturated carbocycles. The van der Waals surface area contributed by atoms with Crippen LogP contribution in [0.2, 0.25) is 0 Å². The second kappa shape index (κ2) is 8.07. The molecular weight excluding hydrogens is 416 g/mol. The summed E-state index contributed by atoms with van der Waals surface area (Å²) in [5.41, 5.74) is 5.04. The van der Waals surface area contributed by atoms with E-state index < -0.39 is 18.5 Å². The van der Waals surface area contributed by atoms with Crippen molar-refractivity contribution in [3.63, 3.8) is 0 Å². The van der Waals surface area contributed by atoms with E-state index in [9.17, 15) is 23.8 Å². The molecule has 0 saturated heterocycles. The first-order valence-corrected chi connectivity index (χ1v) is 10.00. The topological polar surface area (TPSA) is 79.7 Å². The van der Waals surface area contributed by atoms with Crippen LogP contribution in [0.15, 0.2) is 42.5 Å². The number of hydrogen-bond donors (Lipinski definition) is 2. The van der Waals surface area contributed by atoms with Gasteiger partial charge in [0, 0.05) is 10.8 Å². The van der Waals surface area contributed by atoms with Crippen molar-refractivity contribution in [2.45, 2.75) is 33.8 Å². The number of carboxylic acid groups (broad SMARTS) is 1. The zero-order valence-corrected chi connectivity index (χ0v) is 17.7. The number of aryl methyl sites for hydroxylation is 3. The molecule has 0 unspecified atom stereocenters. The largest absolute Gasteiger partial charge is 0.493 e. The monoisotopic (exact) mass is 437 g/mol. The summed E-state index contributed by atoms with van der Waals surface area (Å²) >= 11 is 0. The molecule has 0 atom stereocenters. The number of aromatic nitrogens is 1. The number of aliphatic carboxylic acids is 1. The lowest BCUT2D eigenvalue weighted by Crippen LogP contribution is -2.08. The molecule has 4 rings (SSSR count). The fraction of sp³-hybridized carbons (Fsp3) is 0.200. The van der Waals surface area contributed by atoms with Gasteiger partial charge in [-0.3, -0.25) is 4.79 Å². The highest BCUT2D eigenvalue weighted by molar-refractivity contribution is 6.14. The van der Waals surface area contributed by atoms with Crippen LogP contribution in [0.1, 0.15) is 22.3 Å². The van der Waals surface area contributed by atoms with E-state index in [1.54, 1.807) is 19.1 Å². The summed E-state index contributed by atoms with van der Waals surface area (Å²) < 4.78 is 30.5. The van der Waals surface area contributed by atoms with E-state index in [2.05, 4.69) is 9.72 Å². The summed E-state index contributed by atoms with van der Waals surface area (Å²) in [6, 6.07) is 12.4. The van der Waals surface area contributed by atoms with Crippen LogP contribution in [0.4, 0.5) is 8.78 Å². The lowest BCUT2D eigenvalue weighted by Gasteiger charge is -2.20. The molecule has 0 bridgehead atoms. The van der Waals surface area contributed by atoms with E-state index in [0.717, 1.165) is 22.3 Å². The lowest BCUT2D eigenvalue weighted by molar-refractivity contribution is -0.136. The zero-order chi connectivity index (χ0) is 23.2. The van der Waals surface area contributed by atoms with E-state index in [1.165, 1.54) is 6.07 Å². The summed E-state index contributed by atoms with van der Waals surface area (Å²) in [5, 5.41) is 21.4. The first-order valence-electron chi connectivity index (χ1n) is 10.00. The third-order valence-corrected chi connectivity index (χ3v) is 5.72. The minimum absolute atomic E-state index is 0.0867. The molecule has 32 heavy (non-hydrogen) atoms. The van der Waals surface area contributed by atoms with Gasteiger partial charge in [-0.05, 0) is 54.7 Å². The van der Waals surface area contributed by atoms with Crippen LogP contribution >= 0.6 is 0 Å². The Morgan fingerprint density at radius 3 is 2.34 bits per heavy atom. The molecule has 0 aliphatic carbocycles. The molecule has 3 aromatic carbocycles. The Labute approximate surface area is 182 Å². The van der Waals surface area contributed by atoms with Crippen molar-refractivity contribution in [3.8, 4) is 22.8 Å². The van der Waals surface area contributed by atoms with Gasteiger partial charge in [0.1, 0.15) is 5.75 Å². The quantitative estimate of drug-likeness (QED) is 0.379. The predicted molar refractivity (Wildman–Crippen MR) is 119 cm³/mol. The van der Waals surface area contributed by atoms with Crippen molar-refractivity contribution in [3.05, 3.63) is 64.7 Å². The number of aromatic hydroxyl groups is 1. The molecule has 1 aromatic heterocycles. The van der Waals surface area contributed by atoms with Crippen molar-refractivity contribution in [1.29, 1.82) is 0 Å². The number of halogens is 2. The van der Waals surface area contributed by atoms with Gasteiger partial charge in [0.25, 0.3) is 0 Å². The van der Waals surface area contributed by atoms with Gasteiger partial charge in [-0.1, -0.05) is 42.0 Å². The molecule has 0 fully saturated rings. The van der Waals surface area contributed by atoms with Crippen molar-refractivity contribution in [2.75, 3.05) is 0 Å². The number of benzene rings is 3. The van der Waals surface area contributed by atoms with Gasteiger partial charge in [-0.25, -0.2) is 4.98 Å². The van der Waals surface area contributed by atoms with E-state index >= 15 is 0 Å². The molecule has 7 heteroatoms. The number of pyridine rings is 1. The zero-order valence-electron chi connectivity index (χ0n) is 17.7. The SMILES string of the molecule is Cc1ccc(-c2c(CC(=O)O)c(C)c3nc(O)c4c(OC(F)F)cccc4c3c2C)cc1. The van der Waals surface area contributed by atoms with Gasteiger partial charge in [0.15, 0.2) is 0 Å². The molecule has 1 heterocycles. The van der Waals surface area contributed by atoms with Crippen LogP contribution in [0, 0.1) is 20.8 Å². The summed E-state index contributed by atoms with van der Waals surface area (Å²) in [7, 11) is 0. The first-order chi connectivity index (χ1) is 15.2. The van der Waals surface area contributed by atoms with Crippen LogP contribution in [0.5, 0.6) is 11.6 Å². The number of alkyl halides is 2. The maximum atomic E-state index is 12.9. The second-order valence-electron chi connectivity index (χ2n) is 7.76. The fourth-order valence-electron chi connectivity index (χ4n) is 4.33. The van der Waals surface area contributed by atoms with Gasteiger partial charge in [0.05, 0.1) is 17.3 Å². The number of nitrogens with zero attached hydrogens (tertiary/aromatic N) is 1. The highest BCUT2D eigenvalue weighted by Gasteiger charge is 2.23. The third kappa shape index (κ3) is 3.60. The Bertz CT molecular complexity index is 1360. The maximum absolute atomic E-state index is 12.9. The molecule has 0 amide bonds. The van der Waals surface area contributed by atoms with E-state index in [4.69, 9.17) is 0 Å². The molecule has 5 nitrogen and oxygen atoms in total. The third-order valence-electron chi connectivity index (χ3n) is 5.72. The summed E-state index contributed by atoms with van der Waals surface area (Å²) in [5.74, 6) is -1.61. The standard InChI is InChI=1S/C25H21F2NO4/c1-12-7-9-15(10-8-12)20-14(3)21-16-5-4-6-18(32-25(26)27)22(16)24(31)28-23(21)13(2)17(20)11-19(29)30/h4-10,25H,11H2,1-3H3,(H,28,31)(H,29,30). The number of rotatable bonds is 5. The average molecular weight is 437 g/mol. The maximum Gasteiger partial charge on any atom is 0.387 e. The highest BCUT2D eigenvalue weighted by Crippen LogP contribution is 2.43. The summed E-state index contributed by atoms with van der Waals surface area (Å²) in [4.78, 5) is 16.0. The van der Waals surface area contributed by atoms with Crippen molar-refractivity contribution < 1.29 is 28.5 Å². The van der Waals surface area contributed by atoms with Gasteiger partial charge in [-0.2, -0.15) is 8.78 Å². The highest BCUT2D eigenvalue weighted by atomic mass is 19.3. The number of carboxylic acids is 1. The van der Waals surface area contributed by atoms with Crippen LogP contribution in [0.25, 0.3) is 32.8 Å². The number of carbonyl (C=O) groups is 1. The fourth-order valence-corrected chi connectivity index (χ4v) is 4.33. The van der Waals surface area contributed by atoms with Crippen molar-refractivity contribution in [2.24, 2.45) is 0 Å². The second-order valence-corrected chi connectivity index (χ2v) is 7.76. The molecule has 164 valence electrons. The minimum Gasteiger partial charge on any atom is -0.493 e. The van der Waals surface area contributed by atoms with Crippen molar-refractivity contribution >= 4 is 27.6 Å². The molecule has 2 N–H and O–H groups in total. The van der Waals surface area contributed by atoms with E-state index in [-0.39, 0.29) is 17.6 Å². The molecule has 0 aliphatic rings. The Balaban J connectivity index is 2.18. The van der Waals surface area contributed by atoms with E-state index in [0.29, 0.717) is 27.4 Å². The summed E-state index contributed by atoms with van der Waals surface area (Å²) in [6.45, 7) is 2.52. The van der Waals surface area contributed by atoms with Crippen LogP contribution in [-0.2, 0) is 11.2 Å². The molecule has 0 radical (unpaired) electrons. The van der Waals surface area contributed by atoms with E-state index in [1.807, 2.05) is 38.1 Å². The van der Waals surface area contributed by atoms with Crippen molar-refractivity contribution in [1.82, 2.24) is 4.98 Å². The summed E-state index contributed by atoms with van der Waals surface area (Å²) in [6.07, 6.45) is -0.221. The predicted octanol–water partition coefficient (Wildman–Crippen LogP) is 5.91. The van der Waals surface area contributed by atoms with Crippen LogP contribution < -0.4 is 4.74 Å². The molecule has 4 aromatic rings. The normalized spacial score (nSPS) is 11.4. The molecular formula is C25H21F2NO4. The smallest absolute Gasteiger partial charge is 0.387 e. The van der Waals surface area contributed by atoms with Crippen LogP contribution in [-0.4, -0.2) is 27.8 Å². The number of fused-ring (bicyclic) bond motifs is 3. The van der Waals surface area contributed by atoms with Gasteiger partial charge < -0.3 is 14.9 Å². The van der Waals surface area contributed by atoms with Crippen LogP contribution in [0.3, 0.4) is 0 Å². The van der Waals surface area contributed by atoms with Gasteiger partial charge >= 0.3 is 12.6 Å². The van der Waals surface area contributed by atoms with Gasteiger partial charge in [-0.15, -0.1) is 0 Å². The Morgan fingerprint density at radius 1 is 1.03 bits per heavy atom. The van der Waals surface area contributed by atoms with Gasteiger partial charge in [0.2, 0.25) is 5.88 Å². The Kier molecular flexibility index (Phi) is 5.42.